The SMILES string of the molecule is CCc1nccn1C1CCCN(C(=O)CC(C)C2CCCNC2)C1. The summed E-state index contributed by atoms with van der Waals surface area (Å²) >= 11 is 0. The monoisotopic (exact) mass is 332 g/mol. The highest BCUT2D eigenvalue weighted by Gasteiger charge is 2.28. The molecule has 3 rings (SSSR count). The average molecular weight is 332 g/mol. The minimum Gasteiger partial charge on any atom is -0.341 e. The molecule has 2 fully saturated rings. The topological polar surface area (TPSA) is 50.2 Å². The van der Waals surface area contributed by atoms with Crippen molar-refractivity contribution >= 4 is 5.91 Å². The lowest BCUT2D eigenvalue weighted by Gasteiger charge is -2.35. The average Bonchev–Trinajstić information content (AvgIpc) is 3.11. The largest absolute Gasteiger partial charge is 0.341 e. The third kappa shape index (κ3) is 4.00. The summed E-state index contributed by atoms with van der Waals surface area (Å²) in [6, 6.07) is 0.395. The van der Waals surface area contributed by atoms with Gasteiger partial charge in [-0.3, -0.25) is 4.79 Å². The Bertz CT molecular complexity index is 535. The van der Waals surface area contributed by atoms with Crippen LogP contribution >= 0.6 is 0 Å². The maximum atomic E-state index is 12.8. The summed E-state index contributed by atoms with van der Waals surface area (Å²) in [6.07, 6.45) is 10.4. The summed E-state index contributed by atoms with van der Waals surface area (Å²) < 4.78 is 2.29. The molecule has 2 saturated heterocycles. The lowest BCUT2D eigenvalue weighted by atomic mass is 9.85. The number of aromatic nitrogens is 2. The molecule has 0 spiro atoms. The molecule has 5 heteroatoms. The molecule has 0 aliphatic carbocycles. The van der Waals surface area contributed by atoms with Gasteiger partial charge in [-0.2, -0.15) is 0 Å². The van der Waals surface area contributed by atoms with Crippen molar-refractivity contribution in [2.45, 2.75) is 58.4 Å². The zero-order valence-corrected chi connectivity index (χ0v) is 15.2. The van der Waals surface area contributed by atoms with E-state index in [-0.39, 0.29) is 0 Å². The highest BCUT2D eigenvalue weighted by atomic mass is 16.2. The van der Waals surface area contributed by atoms with Gasteiger partial charge in [-0.1, -0.05) is 13.8 Å². The molecule has 3 heterocycles. The summed E-state index contributed by atoms with van der Waals surface area (Å²) in [5.74, 6) is 2.61. The molecule has 0 saturated carbocycles. The second kappa shape index (κ2) is 8.15. The van der Waals surface area contributed by atoms with Gasteiger partial charge in [0, 0.05) is 38.3 Å². The Balaban J connectivity index is 1.56. The zero-order chi connectivity index (χ0) is 16.9. The van der Waals surface area contributed by atoms with Gasteiger partial charge in [-0.15, -0.1) is 0 Å². The van der Waals surface area contributed by atoms with Gasteiger partial charge in [0.2, 0.25) is 5.91 Å². The van der Waals surface area contributed by atoms with Crippen molar-refractivity contribution in [2.24, 2.45) is 11.8 Å². The molecular weight excluding hydrogens is 300 g/mol. The van der Waals surface area contributed by atoms with Gasteiger partial charge in [0.1, 0.15) is 5.82 Å². The number of aryl methyl sites for hydroxylation is 1. The van der Waals surface area contributed by atoms with Crippen LogP contribution in [-0.2, 0) is 11.2 Å². The van der Waals surface area contributed by atoms with Crippen molar-refractivity contribution in [3.63, 3.8) is 0 Å². The first-order chi connectivity index (χ1) is 11.7. The van der Waals surface area contributed by atoms with E-state index in [4.69, 9.17) is 0 Å². The number of piperidine rings is 2. The fourth-order valence-electron chi connectivity index (χ4n) is 4.29. The number of imidazole rings is 1. The third-order valence-electron chi connectivity index (χ3n) is 5.84. The first kappa shape index (κ1) is 17.5. The highest BCUT2D eigenvalue weighted by molar-refractivity contribution is 5.76. The molecule has 0 aromatic carbocycles. The minimum atomic E-state index is 0.343. The van der Waals surface area contributed by atoms with E-state index < -0.39 is 0 Å². The van der Waals surface area contributed by atoms with Crippen LogP contribution in [0.3, 0.4) is 0 Å². The number of hydrogen-bond acceptors (Lipinski definition) is 3. The van der Waals surface area contributed by atoms with E-state index in [2.05, 4.69) is 39.8 Å². The molecule has 1 aromatic rings. The number of rotatable bonds is 5. The van der Waals surface area contributed by atoms with E-state index in [1.165, 1.54) is 12.8 Å². The van der Waals surface area contributed by atoms with Gasteiger partial charge < -0.3 is 14.8 Å². The van der Waals surface area contributed by atoms with Crippen molar-refractivity contribution in [2.75, 3.05) is 26.2 Å². The molecule has 3 unspecified atom stereocenters. The number of nitrogens with one attached hydrogen (secondary N) is 1. The van der Waals surface area contributed by atoms with E-state index in [9.17, 15) is 4.79 Å². The molecule has 1 aromatic heterocycles. The van der Waals surface area contributed by atoms with Crippen LogP contribution < -0.4 is 5.32 Å². The lowest BCUT2D eigenvalue weighted by molar-refractivity contribution is -0.134. The van der Waals surface area contributed by atoms with Crippen molar-refractivity contribution in [3.05, 3.63) is 18.2 Å². The van der Waals surface area contributed by atoms with Gasteiger partial charge in [-0.05, 0) is 50.6 Å². The Labute approximate surface area is 145 Å². The summed E-state index contributed by atoms with van der Waals surface area (Å²) in [7, 11) is 0. The van der Waals surface area contributed by atoms with Gasteiger partial charge in [-0.25, -0.2) is 4.98 Å². The van der Waals surface area contributed by atoms with Crippen LogP contribution in [0.2, 0.25) is 0 Å². The van der Waals surface area contributed by atoms with E-state index in [1.54, 1.807) is 0 Å². The van der Waals surface area contributed by atoms with Crippen LogP contribution in [0, 0.1) is 11.8 Å². The molecule has 1 amide bonds. The van der Waals surface area contributed by atoms with Crippen molar-refractivity contribution < 1.29 is 4.79 Å². The molecule has 1 N–H and O–H groups in total. The van der Waals surface area contributed by atoms with Crippen LogP contribution in [0.1, 0.15) is 57.8 Å². The van der Waals surface area contributed by atoms with Crippen LogP contribution in [0.5, 0.6) is 0 Å². The van der Waals surface area contributed by atoms with Crippen molar-refractivity contribution in [1.82, 2.24) is 19.8 Å². The van der Waals surface area contributed by atoms with Gasteiger partial charge in [0.15, 0.2) is 0 Å². The van der Waals surface area contributed by atoms with Gasteiger partial charge in [0.25, 0.3) is 0 Å². The molecule has 2 aliphatic heterocycles. The Hall–Kier alpha value is -1.36. The number of amides is 1. The fourth-order valence-corrected chi connectivity index (χ4v) is 4.29. The minimum absolute atomic E-state index is 0.343. The maximum Gasteiger partial charge on any atom is 0.222 e. The van der Waals surface area contributed by atoms with Crippen LogP contribution in [0.4, 0.5) is 0 Å². The maximum absolute atomic E-state index is 12.8. The molecular formula is C19H32N4O. The first-order valence-corrected chi connectivity index (χ1v) is 9.69. The van der Waals surface area contributed by atoms with Crippen LogP contribution in [0.15, 0.2) is 12.4 Å². The number of carbonyl (C=O) groups excluding carboxylic acids is 1. The van der Waals surface area contributed by atoms with E-state index in [1.807, 2.05) is 6.20 Å². The molecule has 24 heavy (non-hydrogen) atoms. The van der Waals surface area contributed by atoms with Crippen LogP contribution in [0.25, 0.3) is 0 Å². The first-order valence-electron chi connectivity index (χ1n) is 9.69. The van der Waals surface area contributed by atoms with Crippen LogP contribution in [-0.4, -0.2) is 46.5 Å². The molecule has 2 aliphatic rings. The lowest BCUT2D eigenvalue weighted by Crippen LogP contribution is -2.42. The number of hydrogen-bond donors (Lipinski definition) is 1. The zero-order valence-electron chi connectivity index (χ0n) is 15.2. The number of carbonyl (C=O) groups is 1. The van der Waals surface area contributed by atoms with Gasteiger partial charge in [0.05, 0.1) is 6.04 Å². The van der Waals surface area contributed by atoms with E-state index in [0.29, 0.717) is 30.2 Å². The second-order valence-electron chi connectivity index (χ2n) is 7.53. The van der Waals surface area contributed by atoms with Crippen molar-refractivity contribution in [1.29, 1.82) is 0 Å². The summed E-state index contributed by atoms with van der Waals surface area (Å²) in [6.45, 7) is 8.37. The normalized spacial score (nSPS) is 26.3. The predicted molar refractivity (Wildman–Crippen MR) is 95.8 cm³/mol. The molecule has 0 radical (unpaired) electrons. The van der Waals surface area contributed by atoms with Gasteiger partial charge >= 0.3 is 0 Å². The molecule has 134 valence electrons. The van der Waals surface area contributed by atoms with Crippen molar-refractivity contribution in [3.8, 4) is 0 Å². The molecule has 5 nitrogen and oxygen atoms in total. The second-order valence-corrected chi connectivity index (χ2v) is 7.53. The number of likely N-dealkylation sites (tertiary alicyclic amines) is 1. The molecule has 3 atom stereocenters. The summed E-state index contributed by atoms with van der Waals surface area (Å²) in [5.41, 5.74) is 0. The third-order valence-corrected chi connectivity index (χ3v) is 5.84. The number of nitrogens with zero attached hydrogens (tertiary/aromatic N) is 3. The Morgan fingerprint density at radius 2 is 2.29 bits per heavy atom. The van der Waals surface area contributed by atoms with E-state index >= 15 is 0 Å². The summed E-state index contributed by atoms with van der Waals surface area (Å²) in [5, 5.41) is 3.47. The predicted octanol–water partition coefficient (Wildman–Crippen LogP) is 2.63. The fraction of sp³-hybridized carbons (Fsp3) is 0.789. The van der Waals surface area contributed by atoms with E-state index in [0.717, 1.165) is 51.3 Å². The standard InChI is InChI=1S/C19H32N4O/c1-3-18-21-9-11-23(18)17-7-5-10-22(14-17)19(24)12-15(2)16-6-4-8-20-13-16/h9,11,15-17,20H,3-8,10,12-14H2,1-2H3. The quantitative estimate of drug-likeness (QED) is 0.902. The Kier molecular flexibility index (Phi) is 5.93. The molecule has 0 bridgehead atoms. The highest BCUT2D eigenvalue weighted by Crippen LogP contribution is 2.27. The summed E-state index contributed by atoms with van der Waals surface area (Å²) in [4.78, 5) is 19.3. The Morgan fingerprint density at radius 1 is 1.42 bits per heavy atom. The Morgan fingerprint density at radius 3 is 3.04 bits per heavy atom. The smallest absolute Gasteiger partial charge is 0.222 e.